The molecule has 3 aromatic rings. The Labute approximate surface area is 163 Å². The summed E-state index contributed by atoms with van der Waals surface area (Å²) in [6.07, 6.45) is 2.65. The first-order valence-corrected chi connectivity index (χ1v) is 9.54. The number of hydrogen-bond donors (Lipinski definition) is 1. The largest absolute Gasteiger partial charge is 0.464 e. The van der Waals surface area contributed by atoms with Crippen LogP contribution in [0, 0.1) is 13.8 Å². The van der Waals surface area contributed by atoms with E-state index in [1.807, 2.05) is 44.2 Å². The monoisotopic (exact) mass is 377 g/mol. The van der Waals surface area contributed by atoms with Crippen LogP contribution >= 0.6 is 0 Å². The zero-order valence-corrected chi connectivity index (χ0v) is 16.0. The molecule has 0 unspecified atom stereocenters. The van der Waals surface area contributed by atoms with E-state index in [9.17, 15) is 9.59 Å². The molecule has 1 atom stereocenters. The van der Waals surface area contributed by atoms with Gasteiger partial charge in [0.1, 0.15) is 5.58 Å². The maximum absolute atomic E-state index is 12.7. The molecule has 1 amide bonds. The van der Waals surface area contributed by atoms with Crippen LogP contribution in [0.2, 0.25) is 0 Å². The van der Waals surface area contributed by atoms with Gasteiger partial charge in [-0.15, -0.1) is 0 Å². The number of benzene rings is 2. The molecule has 0 saturated heterocycles. The van der Waals surface area contributed by atoms with E-state index in [1.165, 1.54) is 0 Å². The van der Waals surface area contributed by atoms with Crippen LogP contribution < -0.4 is 5.32 Å². The number of carbonyl (C=O) groups excluding carboxylic acids is 2. The molecule has 1 aliphatic rings. The summed E-state index contributed by atoms with van der Waals surface area (Å²) in [6, 6.07) is 13.3. The van der Waals surface area contributed by atoms with Crippen LogP contribution in [0.15, 0.2) is 53.1 Å². The predicted octanol–water partition coefficient (Wildman–Crippen LogP) is 4.16. The molecule has 2 aromatic carbocycles. The second-order valence-corrected chi connectivity index (χ2v) is 7.39. The van der Waals surface area contributed by atoms with Crippen molar-refractivity contribution in [3.05, 3.63) is 71.0 Å². The molecule has 1 N–H and O–H groups in total. The highest BCUT2D eigenvalue weighted by molar-refractivity contribution is 5.90. The third-order valence-electron chi connectivity index (χ3n) is 5.19. The van der Waals surface area contributed by atoms with Crippen LogP contribution in [0.5, 0.6) is 0 Å². The van der Waals surface area contributed by atoms with Gasteiger partial charge in [0.15, 0.2) is 0 Å². The molecule has 1 aromatic heterocycles. The van der Waals surface area contributed by atoms with Gasteiger partial charge >= 0.3 is 5.97 Å². The van der Waals surface area contributed by atoms with E-state index in [2.05, 4.69) is 5.32 Å². The van der Waals surface area contributed by atoms with Gasteiger partial charge in [0.2, 0.25) is 6.10 Å². The first kappa shape index (κ1) is 18.3. The Morgan fingerprint density at radius 3 is 2.61 bits per heavy atom. The van der Waals surface area contributed by atoms with E-state index >= 15 is 0 Å². The van der Waals surface area contributed by atoms with Crippen LogP contribution in [0.1, 0.15) is 41.2 Å². The predicted molar refractivity (Wildman–Crippen MR) is 106 cm³/mol. The van der Waals surface area contributed by atoms with Gasteiger partial charge in [-0.3, -0.25) is 9.59 Å². The fraction of sp³-hybridized carbons (Fsp3) is 0.304. The van der Waals surface area contributed by atoms with Crippen LogP contribution in [0.4, 0.5) is 0 Å². The molecular formula is C23H23NO4. The van der Waals surface area contributed by atoms with Gasteiger partial charge in [-0.2, -0.15) is 0 Å². The normalized spacial score (nSPS) is 14.6. The molecule has 28 heavy (non-hydrogen) atoms. The van der Waals surface area contributed by atoms with Crippen molar-refractivity contribution >= 4 is 22.8 Å². The SMILES string of the molecule is Cc1ccc2c(CC(=O)O[C@H](C(=O)NC3CC3)c3ccccc3)coc2c1C. The Morgan fingerprint density at radius 2 is 1.89 bits per heavy atom. The maximum Gasteiger partial charge on any atom is 0.311 e. The van der Waals surface area contributed by atoms with Crippen LogP contribution in [-0.4, -0.2) is 17.9 Å². The highest BCUT2D eigenvalue weighted by atomic mass is 16.5. The molecule has 1 aliphatic carbocycles. The molecule has 0 spiro atoms. The molecule has 5 heteroatoms. The summed E-state index contributed by atoms with van der Waals surface area (Å²) in [7, 11) is 0. The summed E-state index contributed by atoms with van der Waals surface area (Å²) >= 11 is 0. The Morgan fingerprint density at radius 1 is 1.14 bits per heavy atom. The molecule has 5 nitrogen and oxygen atoms in total. The van der Waals surface area contributed by atoms with Crippen molar-refractivity contribution in [1.82, 2.24) is 5.32 Å². The van der Waals surface area contributed by atoms with E-state index in [0.29, 0.717) is 5.56 Å². The number of amides is 1. The number of fused-ring (bicyclic) bond motifs is 1. The van der Waals surface area contributed by atoms with E-state index in [1.54, 1.807) is 18.4 Å². The Kier molecular flexibility index (Phi) is 4.90. The number of esters is 1. The van der Waals surface area contributed by atoms with Crippen molar-refractivity contribution in [2.24, 2.45) is 0 Å². The number of nitrogens with one attached hydrogen (secondary N) is 1. The molecule has 1 saturated carbocycles. The highest BCUT2D eigenvalue weighted by Crippen LogP contribution is 2.28. The lowest BCUT2D eigenvalue weighted by Gasteiger charge is -2.18. The van der Waals surface area contributed by atoms with E-state index < -0.39 is 12.1 Å². The van der Waals surface area contributed by atoms with E-state index in [0.717, 1.165) is 40.5 Å². The number of rotatable bonds is 6. The first-order valence-electron chi connectivity index (χ1n) is 9.54. The van der Waals surface area contributed by atoms with Crippen molar-refractivity contribution in [2.45, 2.75) is 45.3 Å². The third kappa shape index (κ3) is 3.79. The van der Waals surface area contributed by atoms with Crippen molar-refractivity contribution in [3.8, 4) is 0 Å². The van der Waals surface area contributed by atoms with Gasteiger partial charge in [-0.1, -0.05) is 42.5 Å². The van der Waals surface area contributed by atoms with Gasteiger partial charge < -0.3 is 14.5 Å². The van der Waals surface area contributed by atoms with E-state index in [4.69, 9.17) is 9.15 Å². The topological polar surface area (TPSA) is 68.5 Å². The molecule has 0 bridgehead atoms. The summed E-state index contributed by atoms with van der Waals surface area (Å²) in [5.41, 5.74) is 4.41. The van der Waals surface area contributed by atoms with Crippen LogP contribution in [-0.2, 0) is 20.7 Å². The van der Waals surface area contributed by atoms with Crippen molar-refractivity contribution < 1.29 is 18.7 Å². The van der Waals surface area contributed by atoms with E-state index in [-0.39, 0.29) is 18.4 Å². The average Bonchev–Trinajstić information content (AvgIpc) is 3.42. The average molecular weight is 377 g/mol. The maximum atomic E-state index is 12.7. The van der Waals surface area contributed by atoms with Crippen molar-refractivity contribution in [3.63, 3.8) is 0 Å². The minimum atomic E-state index is -0.948. The third-order valence-corrected chi connectivity index (χ3v) is 5.19. The molecule has 1 heterocycles. The molecule has 4 rings (SSSR count). The molecule has 1 fully saturated rings. The minimum absolute atomic E-state index is 0.0511. The Balaban J connectivity index is 1.53. The summed E-state index contributed by atoms with van der Waals surface area (Å²) in [5, 5.41) is 3.83. The summed E-state index contributed by atoms with van der Waals surface area (Å²) in [5.74, 6) is -0.730. The smallest absolute Gasteiger partial charge is 0.311 e. The lowest BCUT2D eigenvalue weighted by atomic mass is 10.0. The van der Waals surface area contributed by atoms with Gasteiger partial charge in [0, 0.05) is 22.6 Å². The van der Waals surface area contributed by atoms with Crippen LogP contribution in [0.25, 0.3) is 11.0 Å². The van der Waals surface area contributed by atoms with Gasteiger partial charge in [0.05, 0.1) is 12.7 Å². The first-order chi connectivity index (χ1) is 13.5. The zero-order valence-electron chi connectivity index (χ0n) is 16.0. The number of aryl methyl sites for hydroxylation is 2. The fourth-order valence-electron chi connectivity index (χ4n) is 3.26. The number of furan rings is 1. The molecule has 144 valence electrons. The summed E-state index contributed by atoms with van der Waals surface area (Å²) in [6.45, 7) is 4.02. The van der Waals surface area contributed by atoms with Crippen molar-refractivity contribution in [1.29, 1.82) is 0 Å². The van der Waals surface area contributed by atoms with Gasteiger partial charge in [-0.25, -0.2) is 0 Å². The number of hydrogen-bond acceptors (Lipinski definition) is 4. The minimum Gasteiger partial charge on any atom is -0.464 e. The standard InChI is InChI=1S/C23H23NO4/c1-14-8-11-19-17(13-27-21(19)15(14)2)12-20(25)28-22(16-6-4-3-5-7-16)23(26)24-18-9-10-18/h3-8,11,13,18,22H,9-10,12H2,1-2H3,(H,24,26)/t22-/m0/s1. The Bertz CT molecular complexity index is 1020. The molecular weight excluding hydrogens is 354 g/mol. The van der Waals surface area contributed by atoms with Crippen LogP contribution in [0.3, 0.4) is 0 Å². The second-order valence-electron chi connectivity index (χ2n) is 7.39. The molecule has 0 aliphatic heterocycles. The number of carbonyl (C=O) groups is 2. The van der Waals surface area contributed by atoms with Gasteiger partial charge in [0.25, 0.3) is 5.91 Å². The van der Waals surface area contributed by atoms with Gasteiger partial charge in [-0.05, 0) is 37.8 Å². The number of ether oxygens (including phenoxy) is 1. The lowest BCUT2D eigenvalue weighted by molar-refractivity contribution is -0.155. The van der Waals surface area contributed by atoms with Crippen molar-refractivity contribution in [2.75, 3.05) is 0 Å². The highest BCUT2D eigenvalue weighted by Gasteiger charge is 2.31. The summed E-state index contributed by atoms with van der Waals surface area (Å²) in [4.78, 5) is 25.3. The lowest BCUT2D eigenvalue weighted by Crippen LogP contribution is -2.33. The summed E-state index contributed by atoms with van der Waals surface area (Å²) < 4.78 is 11.3. The zero-order chi connectivity index (χ0) is 19.7. The quantitative estimate of drug-likeness (QED) is 0.655. The molecule has 0 radical (unpaired) electrons. The Hall–Kier alpha value is -3.08. The second kappa shape index (κ2) is 7.50. The fourth-order valence-corrected chi connectivity index (χ4v) is 3.26.